The summed E-state index contributed by atoms with van der Waals surface area (Å²) in [6.07, 6.45) is 31.8. The monoisotopic (exact) mass is 1690 g/mol. The number of nitrogens with zero attached hydrogens (tertiary/aromatic N) is 27. The number of aromatic nitrogens is 23. The van der Waals surface area contributed by atoms with Gasteiger partial charge in [-0.25, -0.2) is 44.6 Å². The van der Waals surface area contributed by atoms with Crippen molar-refractivity contribution in [2.75, 3.05) is 6.54 Å². The first-order valence-electron chi connectivity index (χ1n) is 42.5. The largest absolute Gasteiger partial charge is 0.330 e. The lowest BCUT2D eigenvalue weighted by atomic mass is 10.0. The number of rotatable bonds is 10. The van der Waals surface area contributed by atoms with Crippen LogP contribution in [0.15, 0.2) is 180 Å². The van der Waals surface area contributed by atoms with Crippen LogP contribution in [0, 0.1) is 5.92 Å². The average Bonchev–Trinajstić information content (AvgIpc) is 1.65. The Morgan fingerprint density at radius 3 is 1.54 bits per heavy atom. The number of allylic oxidation sites excluding steroid dienone is 3. The summed E-state index contributed by atoms with van der Waals surface area (Å²) in [5.41, 5.74) is 15.4. The summed E-state index contributed by atoms with van der Waals surface area (Å²) < 4.78 is 17.4. The van der Waals surface area contributed by atoms with E-state index in [1.54, 1.807) is 59.1 Å². The van der Waals surface area contributed by atoms with Crippen LogP contribution in [0.5, 0.6) is 0 Å². The molecule has 0 fully saturated rings. The van der Waals surface area contributed by atoms with Gasteiger partial charge in [0.2, 0.25) is 17.4 Å². The summed E-state index contributed by atoms with van der Waals surface area (Å²) in [5, 5.41) is 31.7. The maximum absolute atomic E-state index is 11.4. The van der Waals surface area contributed by atoms with Crippen LogP contribution < -0.4 is 0 Å². The average molecular weight is 1690 g/mol. The Hall–Kier alpha value is -13.8. The van der Waals surface area contributed by atoms with E-state index in [0.717, 1.165) is 68.7 Å². The zero-order valence-electron chi connectivity index (χ0n) is 75.0. The molecule has 16 heterocycles. The minimum absolute atomic E-state index is 0.00287. The quantitative estimate of drug-likeness (QED) is 0.123. The van der Waals surface area contributed by atoms with Gasteiger partial charge in [0.05, 0.1) is 88.8 Å². The van der Waals surface area contributed by atoms with Crippen LogP contribution in [-0.4, -0.2) is 172 Å². The molecule has 0 saturated heterocycles. The molecular weight excluding hydrogens is 1580 g/mol. The van der Waals surface area contributed by atoms with E-state index in [4.69, 9.17) is 0 Å². The lowest BCUT2D eigenvalue weighted by Gasteiger charge is -2.12. The maximum Gasteiger partial charge on any atom is 0.221 e. The molecule has 2 aromatic carbocycles. The van der Waals surface area contributed by atoms with Gasteiger partial charge in [-0.3, -0.25) is 33.9 Å². The highest BCUT2D eigenvalue weighted by molar-refractivity contribution is 6.10. The highest BCUT2D eigenvalue weighted by Gasteiger charge is 2.27. The van der Waals surface area contributed by atoms with Gasteiger partial charge in [0.1, 0.15) is 29.3 Å². The van der Waals surface area contributed by atoms with Crippen LogP contribution in [-0.2, 0) is 6.42 Å². The molecule has 14 aromatic rings. The molecule has 0 saturated carbocycles. The summed E-state index contributed by atoms with van der Waals surface area (Å²) in [6, 6.07) is 32.6. The second-order valence-corrected chi connectivity index (χ2v) is 33.0. The van der Waals surface area contributed by atoms with Crippen molar-refractivity contribution in [3.05, 3.63) is 222 Å². The fourth-order valence-corrected chi connectivity index (χ4v) is 13.8. The summed E-state index contributed by atoms with van der Waals surface area (Å²) in [7, 11) is 0. The van der Waals surface area contributed by atoms with Gasteiger partial charge < -0.3 is 27.4 Å². The number of carbonyl (C=O) groups is 5. The number of Topliss-reactive ketones (excluding diaryl/α,β-unsaturated/α-hetero) is 5. The van der Waals surface area contributed by atoms with Gasteiger partial charge in [0, 0.05) is 117 Å². The van der Waals surface area contributed by atoms with Crippen LogP contribution in [0.1, 0.15) is 305 Å². The van der Waals surface area contributed by atoms with Gasteiger partial charge in [-0.05, 0) is 187 Å². The fraction of sp³-hybridized carbons (Fsp3) is 0.387. The van der Waals surface area contributed by atoms with E-state index in [1.807, 2.05) is 158 Å². The van der Waals surface area contributed by atoms with E-state index in [2.05, 4.69) is 240 Å². The third kappa shape index (κ3) is 22.2. The van der Waals surface area contributed by atoms with Crippen LogP contribution in [0.2, 0.25) is 0 Å². The Balaban J connectivity index is 0.000000135. The first-order chi connectivity index (χ1) is 59.9. The van der Waals surface area contributed by atoms with Gasteiger partial charge in [-0.15, -0.1) is 25.5 Å². The number of aliphatic imine (C=N–C) groups is 3. The molecule has 0 amide bonds. The van der Waals surface area contributed by atoms with Crippen molar-refractivity contribution in [1.82, 2.24) is 112 Å². The predicted molar refractivity (Wildman–Crippen MR) is 490 cm³/mol. The number of pyridine rings is 2. The molecular formula is C93H113N27O5. The van der Waals surface area contributed by atoms with Gasteiger partial charge in [0.25, 0.3) is 0 Å². The van der Waals surface area contributed by atoms with E-state index in [0.29, 0.717) is 102 Å². The Kier molecular flexibility index (Phi) is 31.1. The third-order valence-electron chi connectivity index (χ3n) is 20.4. The lowest BCUT2D eigenvalue weighted by Crippen LogP contribution is -2.15. The summed E-state index contributed by atoms with van der Waals surface area (Å²) >= 11 is 0. The second kappa shape index (κ2) is 42.3. The lowest BCUT2D eigenvalue weighted by molar-refractivity contribution is 0.0977. The second-order valence-electron chi connectivity index (χ2n) is 33.0. The first kappa shape index (κ1) is 91.9. The normalized spacial score (nSPS) is 13.6. The van der Waals surface area contributed by atoms with Gasteiger partial charge >= 0.3 is 0 Å². The van der Waals surface area contributed by atoms with Gasteiger partial charge in [-0.2, -0.15) is 19.4 Å². The van der Waals surface area contributed by atoms with Crippen molar-refractivity contribution >= 4 is 116 Å². The minimum Gasteiger partial charge on any atom is -0.330 e. The SMILES string of the molecule is CC(C)C1=CCc2cccnc21.CC(C)c1nnc2cccnn12.CC(C)c1nnc2n1N=CCC2=O.CC(C)n1ccc2c1N=CCC2=O.CC(C)n1cnc2c1C=CCC2=O.CC(C)n1cnc2c1C=NCC2=O.CC(C)n1cnc2ccccc21.CC(C)n1cnc2ccccc21.CC(C)n1cnc2cccnc21.CC(C)n1nnc2c1N=CCC2=O. The minimum atomic E-state index is -0.0191. The summed E-state index contributed by atoms with van der Waals surface area (Å²) in [5.74, 6) is 4.86. The number of carbonyl (C=O) groups excluding carboxylic acids is 5. The molecule has 0 spiro atoms. The number of benzene rings is 2. The third-order valence-corrected chi connectivity index (χ3v) is 20.4. The van der Waals surface area contributed by atoms with Crippen LogP contribution in [0.4, 0.5) is 11.6 Å². The molecule has 0 N–H and O–H groups in total. The molecule has 20 rings (SSSR count). The van der Waals surface area contributed by atoms with Crippen molar-refractivity contribution in [3.8, 4) is 0 Å². The number of hydrogen-bond donors (Lipinski definition) is 0. The summed E-state index contributed by atoms with van der Waals surface area (Å²) in [4.78, 5) is 98.8. The van der Waals surface area contributed by atoms with Crippen LogP contribution in [0.25, 0.3) is 50.5 Å². The van der Waals surface area contributed by atoms with Crippen molar-refractivity contribution < 1.29 is 24.0 Å². The zero-order valence-corrected chi connectivity index (χ0v) is 75.0. The first-order valence-corrected chi connectivity index (χ1v) is 42.5. The topological polar surface area (TPSA) is 359 Å². The predicted octanol–water partition coefficient (Wildman–Crippen LogP) is 18.6. The highest BCUT2D eigenvalue weighted by atomic mass is 16.1. The molecule has 32 heteroatoms. The molecule has 4 aliphatic heterocycles. The Morgan fingerprint density at radius 1 is 0.384 bits per heavy atom. The summed E-state index contributed by atoms with van der Waals surface area (Å²) in [6.45, 7) is 42.1. The maximum atomic E-state index is 11.4. The number of imidazole rings is 5. The zero-order chi connectivity index (χ0) is 89.9. The van der Waals surface area contributed by atoms with Crippen molar-refractivity contribution in [3.63, 3.8) is 0 Å². The highest BCUT2D eigenvalue weighted by Crippen LogP contribution is 2.32. The number of ketones is 5. The van der Waals surface area contributed by atoms with Crippen molar-refractivity contribution in [1.29, 1.82) is 0 Å². The molecule has 0 bridgehead atoms. The van der Waals surface area contributed by atoms with Crippen LogP contribution >= 0.6 is 0 Å². The van der Waals surface area contributed by atoms with E-state index in [-0.39, 0.29) is 47.4 Å². The van der Waals surface area contributed by atoms with E-state index >= 15 is 0 Å². The van der Waals surface area contributed by atoms with Crippen molar-refractivity contribution in [2.24, 2.45) is 26.0 Å². The molecule has 32 nitrogen and oxygen atoms in total. The molecule has 12 aromatic heterocycles. The van der Waals surface area contributed by atoms with Crippen LogP contribution in [0.3, 0.4) is 0 Å². The van der Waals surface area contributed by atoms with Crippen molar-refractivity contribution in [2.45, 2.75) is 225 Å². The molecule has 650 valence electrons. The number of para-hydroxylation sites is 4. The van der Waals surface area contributed by atoms with E-state index in [1.165, 1.54) is 32.5 Å². The smallest absolute Gasteiger partial charge is 0.221 e. The molecule has 0 radical (unpaired) electrons. The molecule has 2 aliphatic carbocycles. The molecule has 0 unspecified atom stereocenters. The number of fused-ring (bicyclic) bond motifs is 10. The molecule has 6 aliphatic rings. The van der Waals surface area contributed by atoms with E-state index in [9.17, 15) is 24.0 Å². The Morgan fingerprint density at radius 2 is 0.920 bits per heavy atom. The Labute approximate surface area is 727 Å². The van der Waals surface area contributed by atoms with E-state index < -0.39 is 0 Å². The number of hydrogen-bond acceptors (Lipinski definition) is 23. The fourth-order valence-electron chi connectivity index (χ4n) is 13.8. The Bertz CT molecular complexity index is 5520. The molecule has 0 atom stereocenters. The standard InChI is InChI=1S/C11H13N.2C10H12N2O.2C10H12N2.C9H11N3O.C9H11N3.2C8H10N4O.C8H10N4/c1-8(2)10-6-5-9-4-3-7-12-11(9)10;1-7(2)12-6-4-8-9(13)3-5-11-10(8)12;1-7(2)12-6-11-10-8(12)4-3-5-9(10)13;2*1-8(2)12-7-11-9-5-3-4-6-10(9)12;1-6(2)12-5-11-9-7(12)3-10-4-8(9)13;1-7(2)12-6-11-8-4-3-5-10-9(8)12;1-5(2)12-8-7(10-11-12)6(13)3-4-9-8;1-5(2)7-10-11-8-6(13)3-4-9-12(7)8;1-6(2)8-11-10-7-4-3-5-9-12(7)8/h3-4,6-8H,5H2,1-2H3;4-7H,3H2,1-2H3;3-4,6-7H,5H2,1-2H3;2*3-8H,1-2H3;3,5-6H,4H2,1-2H3;3-7H,1-2H3;2*4-5H,3H2,1-2H3;3-6H,1-2H3. The molecule has 125 heavy (non-hydrogen) atoms. The van der Waals surface area contributed by atoms with Gasteiger partial charge in [-0.1, -0.05) is 89.2 Å². The van der Waals surface area contributed by atoms with Gasteiger partial charge in [0.15, 0.2) is 51.8 Å².